The number of halogens is 1. The molecule has 0 aliphatic heterocycles. The van der Waals surface area contributed by atoms with Crippen molar-refractivity contribution in [2.75, 3.05) is 10.0 Å². The van der Waals surface area contributed by atoms with Crippen LogP contribution in [0.4, 0.5) is 11.4 Å². The molecule has 0 saturated heterocycles. The number of amides is 2. The maximum Gasteiger partial charge on any atom is 0.271 e. The number of carbonyl (C=O) groups is 2. The minimum absolute atomic E-state index is 0.0710. The Balaban J connectivity index is 1.80. The highest BCUT2D eigenvalue weighted by Gasteiger charge is 2.21. The van der Waals surface area contributed by atoms with Crippen LogP contribution in [0, 0.1) is 0 Å². The highest BCUT2D eigenvalue weighted by Crippen LogP contribution is 2.28. The van der Waals surface area contributed by atoms with Gasteiger partial charge in [0.1, 0.15) is 4.21 Å². The summed E-state index contributed by atoms with van der Waals surface area (Å²) in [6.45, 7) is 1.08. The summed E-state index contributed by atoms with van der Waals surface area (Å²) >= 11 is 4.25. The second-order valence-corrected chi connectivity index (χ2v) is 12.4. The molecule has 3 rings (SSSR count). The fourth-order valence-electron chi connectivity index (χ4n) is 2.57. The molecule has 3 aromatic rings. The SMILES string of the molecule is CC(=O)NS(=O)(=O)c1ccc(NC(=O)c2ccccc2NS(=O)(=O)c2ccc(Br)s2)cc1. The Kier molecular flexibility index (Phi) is 7.03. The number of para-hydroxylation sites is 1. The molecule has 0 fully saturated rings. The molecule has 13 heteroatoms. The first-order valence-electron chi connectivity index (χ1n) is 8.80. The number of nitrogens with one attached hydrogen (secondary N) is 3. The van der Waals surface area contributed by atoms with Crippen molar-refractivity contribution in [3.05, 3.63) is 70.0 Å². The average Bonchev–Trinajstić information content (AvgIpc) is 3.15. The lowest BCUT2D eigenvalue weighted by Crippen LogP contribution is -2.28. The van der Waals surface area contributed by atoms with Gasteiger partial charge in [0, 0.05) is 12.6 Å². The summed E-state index contributed by atoms with van der Waals surface area (Å²) in [7, 11) is -7.90. The van der Waals surface area contributed by atoms with Crippen LogP contribution < -0.4 is 14.8 Å². The maximum atomic E-state index is 12.8. The zero-order valence-corrected chi connectivity index (χ0v) is 20.4. The Labute approximate surface area is 197 Å². The first kappa shape index (κ1) is 23.9. The Bertz CT molecular complexity index is 1380. The van der Waals surface area contributed by atoms with E-state index in [4.69, 9.17) is 0 Å². The molecule has 2 aromatic carbocycles. The van der Waals surface area contributed by atoms with Gasteiger partial charge in [0.25, 0.3) is 26.0 Å². The van der Waals surface area contributed by atoms with Gasteiger partial charge in [-0.15, -0.1) is 11.3 Å². The van der Waals surface area contributed by atoms with Gasteiger partial charge < -0.3 is 5.32 Å². The Morgan fingerprint density at radius 3 is 2.12 bits per heavy atom. The lowest BCUT2D eigenvalue weighted by Gasteiger charge is -2.12. The molecule has 0 aliphatic rings. The number of hydrogen-bond donors (Lipinski definition) is 3. The first-order valence-corrected chi connectivity index (χ1v) is 13.4. The largest absolute Gasteiger partial charge is 0.322 e. The Morgan fingerprint density at radius 1 is 0.875 bits per heavy atom. The van der Waals surface area contributed by atoms with E-state index >= 15 is 0 Å². The van der Waals surface area contributed by atoms with E-state index < -0.39 is 31.9 Å². The van der Waals surface area contributed by atoms with Crippen molar-refractivity contribution in [3.8, 4) is 0 Å². The second-order valence-electron chi connectivity index (χ2n) is 6.35. The summed E-state index contributed by atoms with van der Waals surface area (Å²) in [6.07, 6.45) is 0. The molecule has 168 valence electrons. The quantitative estimate of drug-likeness (QED) is 0.407. The molecule has 2 amide bonds. The molecule has 0 atom stereocenters. The minimum Gasteiger partial charge on any atom is -0.322 e. The second kappa shape index (κ2) is 9.40. The molecule has 0 spiro atoms. The van der Waals surface area contributed by atoms with E-state index in [2.05, 4.69) is 26.0 Å². The van der Waals surface area contributed by atoms with Crippen LogP contribution >= 0.6 is 27.3 Å². The molecule has 1 heterocycles. The van der Waals surface area contributed by atoms with E-state index in [1.165, 1.54) is 42.5 Å². The van der Waals surface area contributed by atoms with Gasteiger partial charge in [-0.1, -0.05) is 12.1 Å². The number of carbonyl (C=O) groups excluding carboxylic acids is 2. The molecule has 0 bridgehead atoms. The fraction of sp³-hybridized carbons (Fsp3) is 0.0526. The van der Waals surface area contributed by atoms with Crippen LogP contribution in [-0.2, 0) is 24.8 Å². The van der Waals surface area contributed by atoms with Crippen molar-refractivity contribution in [1.29, 1.82) is 0 Å². The molecule has 3 N–H and O–H groups in total. The highest BCUT2D eigenvalue weighted by atomic mass is 79.9. The van der Waals surface area contributed by atoms with E-state index in [0.717, 1.165) is 18.3 Å². The van der Waals surface area contributed by atoms with Gasteiger partial charge in [-0.2, -0.15) is 0 Å². The third-order valence-corrected chi connectivity index (χ3v) is 8.86. The van der Waals surface area contributed by atoms with Crippen molar-refractivity contribution < 1.29 is 26.4 Å². The molecule has 0 saturated carbocycles. The van der Waals surface area contributed by atoms with E-state index in [9.17, 15) is 26.4 Å². The predicted octanol–water partition coefficient (Wildman–Crippen LogP) is 3.39. The van der Waals surface area contributed by atoms with Gasteiger partial charge in [-0.3, -0.25) is 14.3 Å². The molecule has 0 radical (unpaired) electrons. The lowest BCUT2D eigenvalue weighted by molar-refractivity contribution is -0.117. The number of benzene rings is 2. The topological polar surface area (TPSA) is 139 Å². The van der Waals surface area contributed by atoms with Gasteiger partial charge >= 0.3 is 0 Å². The Morgan fingerprint density at radius 2 is 1.53 bits per heavy atom. The molecule has 0 aliphatic carbocycles. The summed E-state index contributed by atoms with van der Waals surface area (Å²) in [5.41, 5.74) is 0.428. The summed E-state index contributed by atoms with van der Waals surface area (Å²) < 4.78 is 54.2. The monoisotopic (exact) mass is 557 g/mol. The average molecular weight is 558 g/mol. The molecule has 9 nitrogen and oxygen atoms in total. The van der Waals surface area contributed by atoms with E-state index in [0.29, 0.717) is 3.79 Å². The number of thiophene rings is 1. The van der Waals surface area contributed by atoms with Gasteiger partial charge in [0.15, 0.2) is 0 Å². The molecule has 32 heavy (non-hydrogen) atoms. The summed E-state index contributed by atoms with van der Waals surface area (Å²) in [4.78, 5) is 23.6. The minimum atomic E-state index is -4.00. The number of sulfonamides is 2. The van der Waals surface area contributed by atoms with Gasteiger partial charge in [-0.05, 0) is 64.5 Å². The standard InChI is InChI=1S/C19H16BrN3O6S3/c1-12(24)22-31(26,27)14-8-6-13(7-9-14)21-19(25)15-4-2-3-5-16(15)23-32(28,29)18-11-10-17(20)30-18/h2-11,23H,1H3,(H,21,25)(H,22,24). The lowest BCUT2D eigenvalue weighted by atomic mass is 10.1. The third-order valence-electron chi connectivity index (χ3n) is 3.93. The van der Waals surface area contributed by atoms with Crippen LogP contribution in [0.25, 0.3) is 0 Å². The van der Waals surface area contributed by atoms with Gasteiger partial charge in [0.05, 0.1) is 19.9 Å². The van der Waals surface area contributed by atoms with Crippen LogP contribution in [-0.4, -0.2) is 28.6 Å². The third kappa shape index (κ3) is 5.73. The van der Waals surface area contributed by atoms with Crippen molar-refractivity contribution >= 4 is 70.5 Å². The summed E-state index contributed by atoms with van der Waals surface area (Å²) in [5.74, 6) is -1.33. The smallest absolute Gasteiger partial charge is 0.271 e. The maximum absolute atomic E-state index is 12.8. The van der Waals surface area contributed by atoms with E-state index in [1.54, 1.807) is 18.2 Å². The van der Waals surface area contributed by atoms with Gasteiger partial charge in [0.2, 0.25) is 5.91 Å². The van der Waals surface area contributed by atoms with Crippen molar-refractivity contribution in [2.24, 2.45) is 0 Å². The van der Waals surface area contributed by atoms with Crippen LogP contribution in [0.2, 0.25) is 0 Å². The number of rotatable bonds is 7. The highest BCUT2D eigenvalue weighted by molar-refractivity contribution is 9.11. The van der Waals surface area contributed by atoms with Crippen LogP contribution in [0.15, 0.2) is 73.6 Å². The van der Waals surface area contributed by atoms with Crippen LogP contribution in [0.1, 0.15) is 17.3 Å². The molecule has 1 aromatic heterocycles. The predicted molar refractivity (Wildman–Crippen MR) is 125 cm³/mol. The number of anilines is 2. The van der Waals surface area contributed by atoms with E-state index in [1.807, 2.05) is 4.72 Å². The zero-order valence-electron chi connectivity index (χ0n) is 16.3. The van der Waals surface area contributed by atoms with Crippen molar-refractivity contribution in [1.82, 2.24) is 4.72 Å². The summed E-state index contributed by atoms with van der Waals surface area (Å²) in [5, 5.41) is 2.59. The van der Waals surface area contributed by atoms with Crippen molar-refractivity contribution in [2.45, 2.75) is 16.0 Å². The van der Waals surface area contributed by atoms with E-state index in [-0.39, 0.29) is 26.0 Å². The Hall–Kier alpha value is -2.74. The molecular weight excluding hydrogens is 542 g/mol. The fourth-order valence-corrected chi connectivity index (χ4v) is 6.65. The van der Waals surface area contributed by atoms with Crippen LogP contribution in [0.3, 0.4) is 0 Å². The van der Waals surface area contributed by atoms with Crippen molar-refractivity contribution in [3.63, 3.8) is 0 Å². The first-order chi connectivity index (χ1) is 15.0. The normalized spacial score (nSPS) is 11.6. The molecule has 0 unspecified atom stereocenters. The van der Waals surface area contributed by atoms with Gasteiger partial charge in [-0.25, -0.2) is 21.6 Å². The summed E-state index contributed by atoms with van der Waals surface area (Å²) in [6, 6.07) is 14.3. The number of hydrogen-bond acceptors (Lipinski definition) is 7. The van der Waals surface area contributed by atoms with Crippen LogP contribution in [0.5, 0.6) is 0 Å². The zero-order chi connectivity index (χ0) is 23.5. The molecular formula is C19H16BrN3O6S3.